The zero-order valence-electron chi connectivity index (χ0n) is 17.6. The molecule has 0 fully saturated rings. The fourth-order valence-corrected chi connectivity index (χ4v) is 4.64. The number of aromatic nitrogens is 2. The van der Waals surface area contributed by atoms with Crippen molar-refractivity contribution < 1.29 is 13.2 Å². The van der Waals surface area contributed by atoms with Crippen LogP contribution in [0.3, 0.4) is 0 Å². The lowest BCUT2D eigenvalue weighted by molar-refractivity contribution is -0.118. The number of rotatable bonds is 11. The Hall–Kier alpha value is -2.36. The maximum Gasteiger partial charge on any atom is 0.238 e. The minimum atomic E-state index is -3.72. The summed E-state index contributed by atoms with van der Waals surface area (Å²) in [5.74, 6) is 0.151. The fraction of sp³-hybridized carbons (Fsp3) is 0.364. The smallest absolute Gasteiger partial charge is 0.238 e. The molecule has 0 saturated heterocycles. The molecule has 1 aromatic heterocycles. The lowest BCUT2D eigenvalue weighted by Gasteiger charge is -2.09. The van der Waals surface area contributed by atoms with Crippen LogP contribution in [-0.4, -0.2) is 29.6 Å². The van der Waals surface area contributed by atoms with Gasteiger partial charge in [0.15, 0.2) is 5.16 Å². The van der Waals surface area contributed by atoms with E-state index in [1.54, 1.807) is 12.1 Å². The molecule has 3 rings (SSSR count). The maximum atomic E-state index is 12.4. The first kappa shape index (κ1) is 23.3. The number of fused-ring (bicyclic) bond motifs is 1. The Morgan fingerprint density at radius 2 is 1.84 bits per heavy atom. The number of sulfonamides is 1. The van der Waals surface area contributed by atoms with E-state index in [0.29, 0.717) is 6.54 Å². The second-order valence-corrected chi connectivity index (χ2v) is 9.85. The van der Waals surface area contributed by atoms with Crippen LogP contribution >= 0.6 is 11.8 Å². The number of unbranched alkanes of at least 4 members (excludes halogenated alkanes) is 3. The second-order valence-electron chi connectivity index (χ2n) is 7.35. The molecule has 1 heterocycles. The number of nitrogens with two attached hydrogens (primary N) is 1. The van der Waals surface area contributed by atoms with Crippen LogP contribution in [0.4, 0.5) is 0 Å². The van der Waals surface area contributed by atoms with Gasteiger partial charge in [0.05, 0.1) is 21.7 Å². The Kier molecular flexibility index (Phi) is 8.11. The van der Waals surface area contributed by atoms with Crippen LogP contribution in [0.1, 0.15) is 38.2 Å². The molecule has 0 bridgehead atoms. The highest BCUT2D eigenvalue weighted by Crippen LogP contribution is 2.25. The van der Waals surface area contributed by atoms with Crippen LogP contribution in [0.2, 0.25) is 0 Å². The molecule has 0 unspecified atom stereocenters. The summed E-state index contributed by atoms with van der Waals surface area (Å²) in [5, 5.41) is 8.82. The zero-order chi connectivity index (χ0) is 22.3. The molecule has 3 aromatic rings. The summed E-state index contributed by atoms with van der Waals surface area (Å²) < 4.78 is 24.8. The first-order valence-corrected chi connectivity index (χ1v) is 12.9. The van der Waals surface area contributed by atoms with Gasteiger partial charge in [-0.25, -0.2) is 18.5 Å². The number of hydrogen-bond donors (Lipinski definition) is 2. The molecule has 2 aromatic carbocycles. The highest BCUT2D eigenvalue weighted by atomic mass is 32.2. The van der Waals surface area contributed by atoms with E-state index in [9.17, 15) is 13.2 Å². The Labute approximate surface area is 187 Å². The van der Waals surface area contributed by atoms with Gasteiger partial charge in [-0.05, 0) is 36.2 Å². The molecular formula is C22H28N4O3S2. The summed E-state index contributed by atoms with van der Waals surface area (Å²) in [6.07, 6.45) is 4.67. The highest BCUT2D eigenvalue weighted by molar-refractivity contribution is 7.99. The van der Waals surface area contributed by atoms with Crippen molar-refractivity contribution in [3.63, 3.8) is 0 Å². The summed E-state index contributed by atoms with van der Waals surface area (Å²) in [4.78, 5) is 17.1. The van der Waals surface area contributed by atoms with Gasteiger partial charge in [-0.3, -0.25) is 4.79 Å². The van der Waals surface area contributed by atoms with E-state index in [-0.39, 0.29) is 16.6 Å². The topological polar surface area (TPSA) is 107 Å². The average Bonchev–Trinajstić information content (AvgIpc) is 3.11. The third kappa shape index (κ3) is 6.56. The Morgan fingerprint density at radius 1 is 1.10 bits per heavy atom. The Bertz CT molecular complexity index is 1130. The minimum absolute atomic E-state index is 0.0518. The van der Waals surface area contributed by atoms with Crippen molar-refractivity contribution in [2.24, 2.45) is 5.14 Å². The van der Waals surface area contributed by atoms with Crippen LogP contribution in [0.25, 0.3) is 11.0 Å². The van der Waals surface area contributed by atoms with E-state index in [4.69, 9.17) is 10.1 Å². The van der Waals surface area contributed by atoms with Crippen LogP contribution in [0.5, 0.6) is 0 Å². The van der Waals surface area contributed by atoms with Crippen LogP contribution in [0.15, 0.2) is 58.6 Å². The lowest BCUT2D eigenvalue weighted by Crippen LogP contribution is -2.24. The molecule has 1 amide bonds. The highest BCUT2D eigenvalue weighted by Gasteiger charge is 2.13. The first-order valence-electron chi connectivity index (χ1n) is 10.3. The molecule has 7 nitrogen and oxygen atoms in total. The maximum absolute atomic E-state index is 12.4. The molecule has 3 N–H and O–H groups in total. The normalized spacial score (nSPS) is 11.7. The Morgan fingerprint density at radius 3 is 2.55 bits per heavy atom. The summed E-state index contributed by atoms with van der Waals surface area (Å²) in [6, 6.07) is 14.2. The van der Waals surface area contributed by atoms with Gasteiger partial charge in [-0.15, -0.1) is 0 Å². The van der Waals surface area contributed by atoms with E-state index < -0.39 is 10.0 Å². The summed E-state index contributed by atoms with van der Waals surface area (Å²) in [7, 11) is -3.72. The summed E-state index contributed by atoms with van der Waals surface area (Å²) >= 11 is 1.43. The Balaban J connectivity index is 1.58. The fourth-order valence-electron chi connectivity index (χ4n) is 3.26. The van der Waals surface area contributed by atoms with Crippen molar-refractivity contribution in [2.45, 2.75) is 55.7 Å². The number of amides is 1. The van der Waals surface area contributed by atoms with Crippen molar-refractivity contribution in [3.05, 3.63) is 54.1 Å². The monoisotopic (exact) mass is 460 g/mol. The van der Waals surface area contributed by atoms with E-state index in [0.717, 1.165) is 34.7 Å². The SMILES string of the molecule is CCCCCCn1c(SCC(=O)NCc2ccc(S(N)(=O)=O)cc2)nc2ccccc21. The van der Waals surface area contributed by atoms with Crippen LogP contribution in [-0.2, 0) is 27.9 Å². The number of imidazole rings is 1. The molecule has 0 saturated carbocycles. The molecule has 0 aliphatic heterocycles. The number of nitrogens with zero attached hydrogens (tertiary/aromatic N) is 2. The molecule has 0 atom stereocenters. The molecule has 9 heteroatoms. The number of primary sulfonamides is 1. The van der Waals surface area contributed by atoms with Gasteiger partial charge >= 0.3 is 0 Å². The van der Waals surface area contributed by atoms with E-state index in [1.165, 1.54) is 43.2 Å². The van der Waals surface area contributed by atoms with Gasteiger partial charge in [0, 0.05) is 13.1 Å². The first-order chi connectivity index (χ1) is 14.9. The number of thioether (sulfide) groups is 1. The number of benzene rings is 2. The molecule has 31 heavy (non-hydrogen) atoms. The molecule has 0 spiro atoms. The number of carbonyl (C=O) groups is 1. The largest absolute Gasteiger partial charge is 0.351 e. The standard InChI is InChI=1S/C22H28N4O3S2/c1-2-3-4-7-14-26-20-9-6-5-8-19(20)25-22(26)30-16-21(27)24-15-17-10-12-18(13-11-17)31(23,28)29/h5-6,8-13H,2-4,7,14-16H2,1H3,(H,24,27)(H2,23,28,29). The van der Waals surface area contributed by atoms with Gasteiger partial charge in [0.2, 0.25) is 15.9 Å². The van der Waals surface area contributed by atoms with Crippen molar-refractivity contribution in [1.82, 2.24) is 14.9 Å². The van der Waals surface area contributed by atoms with E-state index in [2.05, 4.69) is 22.9 Å². The van der Waals surface area contributed by atoms with Crippen molar-refractivity contribution in [3.8, 4) is 0 Å². The number of nitrogens with one attached hydrogen (secondary N) is 1. The summed E-state index contributed by atoms with van der Waals surface area (Å²) in [5.41, 5.74) is 2.83. The third-order valence-electron chi connectivity index (χ3n) is 4.93. The molecule has 166 valence electrons. The number of carbonyl (C=O) groups excluding carboxylic acids is 1. The number of aryl methyl sites for hydroxylation is 1. The third-order valence-corrected chi connectivity index (χ3v) is 6.83. The van der Waals surface area contributed by atoms with Gasteiger partial charge in [0.1, 0.15) is 0 Å². The molecular weight excluding hydrogens is 432 g/mol. The van der Waals surface area contributed by atoms with Crippen molar-refractivity contribution in [1.29, 1.82) is 0 Å². The minimum Gasteiger partial charge on any atom is -0.351 e. The quantitative estimate of drug-likeness (QED) is 0.335. The predicted octanol–water partition coefficient (Wildman–Crippen LogP) is 3.67. The van der Waals surface area contributed by atoms with Crippen molar-refractivity contribution >= 4 is 38.7 Å². The average molecular weight is 461 g/mol. The second kappa shape index (κ2) is 10.8. The summed E-state index contributed by atoms with van der Waals surface area (Å²) in [6.45, 7) is 3.40. The number of para-hydroxylation sites is 2. The van der Waals surface area contributed by atoms with E-state index in [1.807, 2.05) is 18.2 Å². The van der Waals surface area contributed by atoms with Crippen LogP contribution < -0.4 is 10.5 Å². The molecule has 0 radical (unpaired) electrons. The molecule has 0 aliphatic rings. The predicted molar refractivity (Wildman–Crippen MR) is 124 cm³/mol. The zero-order valence-corrected chi connectivity index (χ0v) is 19.2. The van der Waals surface area contributed by atoms with Gasteiger partial charge < -0.3 is 9.88 Å². The van der Waals surface area contributed by atoms with Gasteiger partial charge in [0.25, 0.3) is 0 Å². The number of hydrogen-bond acceptors (Lipinski definition) is 5. The lowest BCUT2D eigenvalue weighted by atomic mass is 10.2. The van der Waals surface area contributed by atoms with Crippen molar-refractivity contribution in [2.75, 3.05) is 5.75 Å². The van der Waals surface area contributed by atoms with Gasteiger partial charge in [-0.1, -0.05) is 62.2 Å². The van der Waals surface area contributed by atoms with E-state index >= 15 is 0 Å². The van der Waals surface area contributed by atoms with Crippen LogP contribution in [0, 0.1) is 0 Å². The van der Waals surface area contributed by atoms with Gasteiger partial charge in [-0.2, -0.15) is 0 Å². The molecule has 0 aliphatic carbocycles.